The monoisotopic (exact) mass is 226 g/mol. The van der Waals surface area contributed by atoms with Crippen LogP contribution in [0.1, 0.15) is 12.8 Å². The van der Waals surface area contributed by atoms with Crippen LogP contribution in [-0.2, 0) is 4.79 Å². The van der Waals surface area contributed by atoms with Gasteiger partial charge in [-0.3, -0.25) is 4.79 Å². The second kappa shape index (κ2) is 4.80. The molecule has 1 heterocycles. The van der Waals surface area contributed by atoms with Crippen LogP contribution >= 0.6 is 0 Å². The fourth-order valence-electron chi connectivity index (χ4n) is 1.34. The molecule has 2 atom stereocenters. The molecule has 0 bridgehead atoms. The zero-order valence-electron chi connectivity index (χ0n) is 7.97. The van der Waals surface area contributed by atoms with Gasteiger partial charge in [-0.1, -0.05) is 0 Å². The normalized spacial score (nSPS) is 23.9. The second-order valence-corrected chi connectivity index (χ2v) is 3.45. The Morgan fingerprint density at radius 1 is 1.60 bits per heavy atom. The number of alkyl halides is 3. The number of carbonyl (C=O) groups is 1. The molecule has 0 aromatic rings. The summed E-state index contributed by atoms with van der Waals surface area (Å²) in [5.41, 5.74) is 0. The number of hydrogen-bond donors (Lipinski definition) is 3. The summed E-state index contributed by atoms with van der Waals surface area (Å²) in [4.78, 5) is 11.2. The lowest BCUT2D eigenvalue weighted by Gasteiger charge is -2.16. The van der Waals surface area contributed by atoms with Crippen LogP contribution < -0.4 is 10.6 Å². The molecule has 0 radical (unpaired) electrons. The van der Waals surface area contributed by atoms with Gasteiger partial charge >= 0.3 is 6.18 Å². The number of nitrogens with one attached hydrogen (secondary N) is 2. The number of amides is 1. The lowest BCUT2D eigenvalue weighted by atomic mass is 10.2. The van der Waals surface area contributed by atoms with E-state index in [1.807, 2.05) is 0 Å². The van der Waals surface area contributed by atoms with Crippen LogP contribution in [0.5, 0.6) is 0 Å². The predicted octanol–water partition coefficient (Wildman–Crippen LogP) is -0.222. The van der Waals surface area contributed by atoms with E-state index in [-0.39, 0.29) is 0 Å². The quantitative estimate of drug-likeness (QED) is 0.623. The summed E-state index contributed by atoms with van der Waals surface area (Å²) in [5.74, 6) is -0.490. The Morgan fingerprint density at radius 3 is 2.73 bits per heavy atom. The Labute approximate surface area is 84.8 Å². The van der Waals surface area contributed by atoms with Gasteiger partial charge in [0.2, 0.25) is 5.91 Å². The smallest absolute Gasteiger partial charge is 0.382 e. The van der Waals surface area contributed by atoms with Crippen molar-refractivity contribution in [1.29, 1.82) is 0 Å². The molecule has 1 aliphatic heterocycles. The maximum absolute atomic E-state index is 11.9. The summed E-state index contributed by atoms with van der Waals surface area (Å²) in [6, 6.07) is -0.426. The van der Waals surface area contributed by atoms with E-state index in [9.17, 15) is 18.0 Å². The van der Waals surface area contributed by atoms with Crippen molar-refractivity contribution in [1.82, 2.24) is 10.6 Å². The number of aliphatic hydroxyl groups is 1. The molecular weight excluding hydrogens is 213 g/mol. The van der Waals surface area contributed by atoms with E-state index in [0.29, 0.717) is 13.0 Å². The van der Waals surface area contributed by atoms with Crippen molar-refractivity contribution in [3.8, 4) is 0 Å². The summed E-state index contributed by atoms with van der Waals surface area (Å²) < 4.78 is 35.6. The number of rotatable bonds is 3. The zero-order valence-corrected chi connectivity index (χ0v) is 7.97. The molecule has 1 fully saturated rings. The zero-order chi connectivity index (χ0) is 11.5. The van der Waals surface area contributed by atoms with Crippen LogP contribution in [0, 0.1) is 0 Å². The molecule has 15 heavy (non-hydrogen) atoms. The largest absolute Gasteiger partial charge is 0.416 e. The average molecular weight is 226 g/mol. The van der Waals surface area contributed by atoms with Crippen LogP contribution in [0.3, 0.4) is 0 Å². The molecular formula is C8H13F3N2O2. The van der Waals surface area contributed by atoms with E-state index in [2.05, 4.69) is 10.6 Å². The lowest BCUT2D eigenvalue weighted by Crippen LogP contribution is -2.46. The number of hydrogen-bond acceptors (Lipinski definition) is 3. The second-order valence-electron chi connectivity index (χ2n) is 3.45. The average Bonchev–Trinajstić information content (AvgIpc) is 2.64. The molecule has 1 saturated heterocycles. The van der Waals surface area contributed by atoms with Gasteiger partial charge in [-0.2, -0.15) is 13.2 Å². The van der Waals surface area contributed by atoms with Gasteiger partial charge in [-0.05, 0) is 19.4 Å². The first-order valence-electron chi connectivity index (χ1n) is 4.67. The van der Waals surface area contributed by atoms with E-state index in [1.165, 1.54) is 0 Å². The standard InChI is InChI=1S/C8H13F3N2O2/c9-8(10,11)6(14)4-13-7(15)5-2-1-3-12-5/h5-6,12,14H,1-4H2,(H,13,15)/t5-,6?/m0/s1. The van der Waals surface area contributed by atoms with Gasteiger partial charge in [0.1, 0.15) is 0 Å². The van der Waals surface area contributed by atoms with Crippen molar-refractivity contribution < 1.29 is 23.1 Å². The molecule has 0 saturated carbocycles. The van der Waals surface area contributed by atoms with Crippen molar-refractivity contribution in [2.75, 3.05) is 13.1 Å². The third-order valence-corrected chi connectivity index (χ3v) is 2.22. The third-order valence-electron chi connectivity index (χ3n) is 2.22. The lowest BCUT2D eigenvalue weighted by molar-refractivity contribution is -0.201. The predicted molar refractivity (Wildman–Crippen MR) is 46.1 cm³/mol. The first-order valence-corrected chi connectivity index (χ1v) is 4.67. The minimum absolute atomic E-state index is 0.426. The molecule has 0 spiro atoms. The fraction of sp³-hybridized carbons (Fsp3) is 0.875. The first kappa shape index (κ1) is 12.3. The van der Waals surface area contributed by atoms with Crippen molar-refractivity contribution in [3.63, 3.8) is 0 Å². The highest BCUT2D eigenvalue weighted by Gasteiger charge is 2.38. The highest BCUT2D eigenvalue weighted by molar-refractivity contribution is 5.82. The molecule has 0 aliphatic carbocycles. The third kappa shape index (κ3) is 3.67. The Morgan fingerprint density at radius 2 is 2.27 bits per heavy atom. The van der Waals surface area contributed by atoms with Crippen molar-refractivity contribution in [2.24, 2.45) is 0 Å². The molecule has 1 aliphatic rings. The maximum atomic E-state index is 11.9. The molecule has 1 unspecified atom stereocenters. The van der Waals surface area contributed by atoms with E-state index in [4.69, 9.17) is 5.11 Å². The van der Waals surface area contributed by atoms with Gasteiger partial charge in [-0.25, -0.2) is 0 Å². The minimum atomic E-state index is -4.68. The Balaban J connectivity index is 2.27. The van der Waals surface area contributed by atoms with Crippen molar-refractivity contribution in [2.45, 2.75) is 31.2 Å². The van der Waals surface area contributed by atoms with Gasteiger partial charge in [-0.15, -0.1) is 0 Å². The maximum Gasteiger partial charge on any atom is 0.416 e. The summed E-state index contributed by atoms with van der Waals surface area (Å²) in [7, 11) is 0. The van der Waals surface area contributed by atoms with Crippen LogP contribution in [0.25, 0.3) is 0 Å². The molecule has 0 aromatic heterocycles. The summed E-state index contributed by atoms with van der Waals surface area (Å²) >= 11 is 0. The minimum Gasteiger partial charge on any atom is -0.382 e. The Kier molecular flexibility index (Phi) is 3.92. The van der Waals surface area contributed by atoms with Crippen molar-refractivity contribution >= 4 is 5.91 Å². The van der Waals surface area contributed by atoms with Gasteiger partial charge in [0.15, 0.2) is 6.10 Å². The molecule has 7 heteroatoms. The SMILES string of the molecule is O=C(NCC(O)C(F)(F)F)[C@@H]1CCCN1. The summed E-state index contributed by atoms with van der Waals surface area (Å²) in [6.45, 7) is -0.0968. The summed E-state index contributed by atoms with van der Waals surface area (Å²) in [6.07, 6.45) is -5.73. The van der Waals surface area contributed by atoms with Gasteiger partial charge in [0.25, 0.3) is 0 Å². The molecule has 0 aromatic carbocycles. The highest BCUT2D eigenvalue weighted by Crippen LogP contribution is 2.19. The Hall–Kier alpha value is -0.820. The highest BCUT2D eigenvalue weighted by atomic mass is 19.4. The first-order chi connectivity index (χ1) is 6.91. The van der Waals surface area contributed by atoms with Crippen LogP contribution in [0.15, 0.2) is 0 Å². The van der Waals surface area contributed by atoms with Gasteiger partial charge < -0.3 is 15.7 Å². The Bertz CT molecular complexity index is 226. The number of carbonyl (C=O) groups excluding carboxylic acids is 1. The van der Waals surface area contributed by atoms with Gasteiger partial charge in [0.05, 0.1) is 12.6 Å². The number of halogens is 3. The van der Waals surface area contributed by atoms with Crippen LogP contribution in [0.2, 0.25) is 0 Å². The molecule has 3 N–H and O–H groups in total. The van der Waals surface area contributed by atoms with Crippen LogP contribution in [-0.4, -0.2) is 42.4 Å². The summed E-state index contributed by atoms with van der Waals surface area (Å²) in [5, 5.41) is 13.5. The molecule has 1 rings (SSSR count). The number of aliphatic hydroxyl groups excluding tert-OH is 1. The van der Waals surface area contributed by atoms with E-state index < -0.39 is 30.8 Å². The van der Waals surface area contributed by atoms with Gasteiger partial charge in [0, 0.05) is 0 Å². The fourth-order valence-corrected chi connectivity index (χ4v) is 1.34. The topological polar surface area (TPSA) is 61.4 Å². The molecule has 1 amide bonds. The van der Waals surface area contributed by atoms with E-state index in [1.54, 1.807) is 0 Å². The van der Waals surface area contributed by atoms with Crippen molar-refractivity contribution in [3.05, 3.63) is 0 Å². The molecule has 88 valence electrons. The molecule has 4 nitrogen and oxygen atoms in total. The van der Waals surface area contributed by atoms with E-state index in [0.717, 1.165) is 6.42 Å². The van der Waals surface area contributed by atoms with Crippen LogP contribution in [0.4, 0.5) is 13.2 Å². The van der Waals surface area contributed by atoms with E-state index >= 15 is 0 Å².